The van der Waals surface area contributed by atoms with Crippen LogP contribution in [0, 0.1) is 25.7 Å². The molecule has 1 aliphatic carbocycles. The second-order valence-corrected chi connectivity index (χ2v) is 12.6. The summed E-state index contributed by atoms with van der Waals surface area (Å²) in [7, 11) is -3.63. The molecule has 1 aromatic carbocycles. The van der Waals surface area contributed by atoms with Gasteiger partial charge in [-0.3, -0.25) is 14.6 Å². The molecule has 2 N–H and O–H groups in total. The molecule has 1 saturated carbocycles. The van der Waals surface area contributed by atoms with E-state index >= 15 is 0 Å². The molecule has 36 heavy (non-hydrogen) atoms. The number of aryl methyl sites for hydroxylation is 2. The Bertz CT molecular complexity index is 1170. The Labute approximate surface area is 214 Å². The molecule has 0 atom stereocenters. The van der Waals surface area contributed by atoms with Gasteiger partial charge in [0.2, 0.25) is 15.9 Å². The van der Waals surface area contributed by atoms with Crippen LogP contribution in [-0.2, 0) is 26.2 Å². The number of hydrogen-bond acceptors (Lipinski definition) is 5. The second kappa shape index (κ2) is 10.5. The molecule has 2 fully saturated rings. The van der Waals surface area contributed by atoms with Gasteiger partial charge >= 0.3 is 0 Å². The molecule has 1 saturated heterocycles. The number of sulfonamides is 1. The van der Waals surface area contributed by atoms with E-state index in [4.69, 9.17) is 4.99 Å². The second-order valence-electron chi connectivity index (χ2n) is 10.7. The van der Waals surface area contributed by atoms with Gasteiger partial charge in [-0.05, 0) is 73.8 Å². The van der Waals surface area contributed by atoms with Crippen LogP contribution in [0.4, 0.5) is 0 Å². The molecule has 2 amide bonds. The molecule has 0 radical (unpaired) electrons. The number of hydrogen-bond donors (Lipinski definition) is 2. The minimum Gasteiger partial charge on any atom is -0.352 e. The van der Waals surface area contributed by atoms with E-state index in [1.165, 1.54) is 16.6 Å². The smallest absolute Gasteiger partial charge is 0.253 e. The van der Waals surface area contributed by atoms with Gasteiger partial charge in [0.25, 0.3) is 5.91 Å². The monoisotopic (exact) mass is 514 g/mol. The highest BCUT2D eigenvalue weighted by atomic mass is 32.2. The zero-order valence-corrected chi connectivity index (χ0v) is 22.6. The summed E-state index contributed by atoms with van der Waals surface area (Å²) in [5.74, 6) is 1.68. The topological polar surface area (TPSA) is 108 Å². The van der Waals surface area contributed by atoms with Crippen molar-refractivity contribution in [2.45, 2.75) is 78.3 Å². The number of nitrogens with one attached hydrogen (secondary N) is 2. The van der Waals surface area contributed by atoms with Gasteiger partial charge < -0.3 is 10.6 Å². The van der Waals surface area contributed by atoms with Gasteiger partial charge in [-0.1, -0.05) is 31.9 Å². The molecule has 0 bridgehead atoms. The maximum Gasteiger partial charge on any atom is 0.253 e. The van der Waals surface area contributed by atoms with Gasteiger partial charge in [-0.15, -0.1) is 0 Å². The first-order chi connectivity index (χ1) is 17.0. The first kappa shape index (κ1) is 26.5. The summed E-state index contributed by atoms with van der Waals surface area (Å²) in [5, 5.41) is 7.09. The summed E-state index contributed by atoms with van der Waals surface area (Å²) < 4.78 is 27.7. The number of carbonyl (C=O) groups is 2. The normalized spacial score (nSPS) is 24.7. The fraction of sp³-hybridized carbons (Fsp3) is 0.593. The predicted molar refractivity (Wildman–Crippen MR) is 142 cm³/mol. The van der Waals surface area contributed by atoms with Crippen LogP contribution in [0.1, 0.15) is 74.6 Å². The van der Waals surface area contributed by atoms with Crippen LogP contribution < -0.4 is 10.6 Å². The van der Waals surface area contributed by atoms with Crippen molar-refractivity contribution in [3.63, 3.8) is 0 Å². The van der Waals surface area contributed by atoms with Gasteiger partial charge in [-0.2, -0.15) is 4.31 Å². The average molecular weight is 515 g/mol. The van der Waals surface area contributed by atoms with Gasteiger partial charge in [0.1, 0.15) is 11.4 Å². The lowest BCUT2D eigenvalue weighted by atomic mass is 9.82. The van der Waals surface area contributed by atoms with Crippen molar-refractivity contribution in [2.24, 2.45) is 16.8 Å². The third-order valence-electron chi connectivity index (χ3n) is 7.91. The van der Waals surface area contributed by atoms with Crippen molar-refractivity contribution in [3.05, 3.63) is 39.8 Å². The molecule has 3 aliphatic rings. The number of nitrogens with zero attached hydrogens (tertiary/aromatic N) is 2. The van der Waals surface area contributed by atoms with E-state index in [0.717, 1.165) is 59.7 Å². The minimum absolute atomic E-state index is 0.0747. The van der Waals surface area contributed by atoms with E-state index in [1.807, 2.05) is 26.0 Å². The Morgan fingerprint density at radius 2 is 1.78 bits per heavy atom. The number of carbonyl (C=O) groups excluding carboxylic acids is 2. The number of benzene rings is 1. The summed E-state index contributed by atoms with van der Waals surface area (Å²) in [6.45, 7) is 8.59. The third-order valence-corrected chi connectivity index (χ3v) is 9.48. The number of amides is 2. The number of amidine groups is 1. The Kier molecular flexibility index (Phi) is 7.71. The predicted octanol–water partition coefficient (Wildman–Crippen LogP) is 3.43. The molecule has 0 unspecified atom stereocenters. The Hall–Kier alpha value is -2.52. The van der Waals surface area contributed by atoms with E-state index in [9.17, 15) is 18.0 Å². The Morgan fingerprint density at radius 1 is 1.17 bits per heavy atom. The number of rotatable bonds is 6. The van der Waals surface area contributed by atoms with Crippen LogP contribution in [0.15, 0.2) is 22.5 Å². The van der Waals surface area contributed by atoms with Gasteiger partial charge in [0.05, 0.1) is 0 Å². The van der Waals surface area contributed by atoms with Crippen LogP contribution in [0.2, 0.25) is 0 Å². The molecular weight excluding hydrogens is 476 g/mol. The number of aliphatic imine (C=N–C) groups is 1. The average Bonchev–Trinajstić information content (AvgIpc) is 3.13. The van der Waals surface area contributed by atoms with E-state index in [0.29, 0.717) is 25.3 Å². The Morgan fingerprint density at radius 3 is 2.36 bits per heavy atom. The zero-order valence-electron chi connectivity index (χ0n) is 21.8. The van der Waals surface area contributed by atoms with Crippen LogP contribution in [0.25, 0.3) is 6.08 Å². The van der Waals surface area contributed by atoms with Crippen molar-refractivity contribution in [1.29, 1.82) is 0 Å². The molecule has 4 rings (SSSR count). The minimum atomic E-state index is -3.63. The lowest BCUT2D eigenvalue weighted by molar-refractivity contribution is -0.125. The van der Waals surface area contributed by atoms with Crippen LogP contribution in [0.5, 0.6) is 0 Å². The molecule has 2 heterocycles. The van der Waals surface area contributed by atoms with Crippen LogP contribution >= 0.6 is 0 Å². The van der Waals surface area contributed by atoms with Gasteiger partial charge in [-0.25, -0.2) is 8.42 Å². The largest absolute Gasteiger partial charge is 0.352 e. The molecule has 0 aromatic heterocycles. The summed E-state index contributed by atoms with van der Waals surface area (Å²) in [5.41, 5.74) is 2.89. The van der Waals surface area contributed by atoms with Crippen molar-refractivity contribution >= 4 is 33.7 Å². The van der Waals surface area contributed by atoms with Gasteiger partial charge in [0, 0.05) is 37.9 Å². The molecule has 9 heteroatoms. The van der Waals surface area contributed by atoms with E-state index < -0.39 is 15.6 Å². The SMILES string of the molecule is CC(=O)NCc1cc(C)c(C=CS(=O)(=O)N2CCC3(CC2)N=C(C2CCC(C)CC2)NC3=O)c(C)c1. The highest BCUT2D eigenvalue weighted by Gasteiger charge is 2.48. The summed E-state index contributed by atoms with van der Waals surface area (Å²) >= 11 is 0. The van der Waals surface area contributed by atoms with Crippen LogP contribution in [0.3, 0.4) is 0 Å². The van der Waals surface area contributed by atoms with Crippen LogP contribution in [-0.4, -0.2) is 49.0 Å². The standard InChI is InChI=1S/C27H38N4O4S/c1-18-5-7-23(8-6-18)25-29-26(33)27(30-25)10-12-31(13-11-27)36(34,35)14-9-24-19(2)15-22(16-20(24)3)17-28-21(4)32/h9,14-16,18,23H,5-8,10-13,17H2,1-4H3,(H,28,32)(H,29,30,33). The molecule has 1 aromatic rings. The maximum atomic E-state index is 13.1. The molecular formula is C27H38N4O4S. The highest BCUT2D eigenvalue weighted by Crippen LogP contribution is 2.36. The zero-order chi connectivity index (χ0) is 26.1. The lowest BCUT2D eigenvalue weighted by Crippen LogP contribution is -2.50. The van der Waals surface area contributed by atoms with E-state index in [1.54, 1.807) is 6.08 Å². The molecule has 8 nitrogen and oxygen atoms in total. The molecule has 1 spiro atoms. The van der Waals surface area contributed by atoms with Crippen molar-refractivity contribution < 1.29 is 18.0 Å². The summed E-state index contributed by atoms with van der Waals surface area (Å²) in [4.78, 5) is 29.0. The van der Waals surface area contributed by atoms with Crippen molar-refractivity contribution in [3.8, 4) is 0 Å². The first-order valence-corrected chi connectivity index (χ1v) is 14.4. The maximum absolute atomic E-state index is 13.1. The van der Waals surface area contributed by atoms with E-state index in [2.05, 4.69) is 17.6 Å². The molecule has 196 valence electrons. The third kappa shape index (κ3) is 5.72. The Balaban J connectivity index is 1.41. The fourth-order valence-corrected chi connectivity index (χ4v) is 6.79. The quantitative estimate of drug-likeness (QED) is 0.606. The highest BCUT2D eigenvalue weighted by molar-refractivity contribution is 7.92. The van der Waals surface area contributed by atoms with E-state index in [-0.39, 0.29) is 24.9 Å². The van der Waals surface area contributed by atoms with Crippen molar-refractivity contribution in [1.82, 2.24) is 14.9 Å². The summed E-state index contributed by atoms with van der Waals surface area (Å²) in [6, 6.07) is 3.92. The number of piperidine rings is 1. The summed E-state index contributed by atoms with van der Waals surface area (Å²) in [6.07, 6.45) is 6.85. The first-order valence-electron chi connectivity index (χ1n) is 12.9. The molecule has 2 aliphatic heterocycles. The van der Waals surface area contributed by atoms with Gasteiger partial charge in [0.15, 0.2) is 0 Å². The van der Waals surface area contributed by atoms with Crippen molar-refractivity contribution in [2.75, 3.05) is 13.1 Å². The fourth-order valence-electron chi connectivity index (χ4n) is 5.61. The lowest BCUT2D eigenvalue weighted by Gasteiger charge is -2.34.